The van der Waals surface area contributed by atoms with Gasteiger partial charge < -0.3 is 4.74 Å². The summed E-state index contributed by atoms with van der Waals surface area (Å²) in [5.74, 6) is 1.49. The molecule has 2 aromatic rings. The van der Waals surface area contributed by atoms with Crippen LogP contribution >= 0.6 is 11.6 Å². The molecule has 1 aromatic carbocycles. The number of aromatic nitrogens is 2. The maximum absolute atomic E-state index is 5.92. The van der Waals surface area contributed by atoms with Crippen molar-refractivity contribution in [2.45, 2.75) is 13.8 Å². The predicted molar refractivity (Wildman–Crippen MR) is 68.4 cm³/mol. The predicted octanol–water partition coefficient (Wildman–Crippen LogP) is 3.50. The van der Waals surface area contributed by atoms with Crippen LogP contribution in [0.2, 0.25) is 5.15 Å². The molecule has 0 aliphatic carbocycles. The molecule has 3 nitrogen and oxygen atoms in total. The van der Waals surface area contributed by atoms with Gasteiger partial charge in [0.15, 0.2) is 0 Å². The highest BCUT2D eigenvalue weighted by Crippen LogP contribution is 2.23. The molecule has 0 aliphatic rings. The third kappa shape index (κ3) is 2.94. The van der Waals surface area contributed by atoms with Crippen LogP contribution in [0.15, 0.2) is 30.3 Å². The van der Waals surface area contributed by atoms with Crippen molar-refractivity contribution in [3.8, 4) is 17.0 Å². The van der Waals surface area contributed by atoms with E-state index in [0.29, 0.717) is 17.6 Å². The molecule has 88 valence electrons. The van der Waals surface area contributed by atoms with Crippen LogP contribution in [0, 0.1) is 6.92 Å². The van der Waals surface area contributed by atoms with Crippen molar-refractivity contribution >= 4 is 11.6 Å². The van der Waals surface area contributed by atoms with E-state index in [9.17, 15) is 0 Å². The zero-order valence-electron chi connectivity index (χ0n) is 9.77. The third-order valence-electron chi connectivity index (χ3n) is 2.25. The zero-order chi connectivity index (χ0) is 12.3. The Hall–Kier alpha value is -1.61. The molecule has 0 radical (unpaired) electrons. The number of benzene rings is 1. The monoisotopic (exact) mass is 248 g/mol. The Morgan fingerprint density at radius 2 is 2.06 bits per heavy atom. The van der Waals surface area contributed by atoms with Gasteiger partial charge >= 0.3 is 0 Å². The fraction of sp³-hybridized carbons (Fsp3) is 0.231. The molecule has 0 atom stereocenters. The Labute approximate surface area is 105 Å². The molecule has 1 heterocycles. The van der Waals surface area contributed by atoms with Gasteiger partial charge in [-0.15, -0.1) is 0 Å². The fourth-order valence-electron chi connectivity index (χ4n) is 1.59. The topological polar surface area (TPSA) is 35.0 Å². The van der Waals surface area contributed by atoms with Crippen molar-refractivity contribution in [2.24, 2.45) is 0 Å². The summed E-state index contributed by atoms with van der Waals surface area (Å²) < 4.78 is 5.45. The van der Waals surface area contributed by atoms with Crippen LogP contribution in [0.1, 0.15) is 12.7 Å². The molecule has 1 aromatic heterocycles. The molecule has 0 spiro atoms. The van der Waals surface area contributed by atoms with Crippen molar-refractivity contribution < 1.29 is 4.74 Å². The van der Waals surface area contributed by atoms with Gasteiger partial charge in [-0.2, -0.15) is 0 Å². The normalized spacial score (nSPS) is 10.3. The Morgan fingerprint density at radius 3 is 2.76 bits per heavy atom. The highest BCUT2D eigenvalue weighted by molar-refractivity contribution is 6.29. The number of hydrogen-bond acceptors (Lipinski definition) is 3. The number of aryl methyl sites for hydroxylation is 1. The van der Waals surface area contributed by atoms with E-state index >= 15 is 0 Å². The van der Waals surface area contributed by atoms with Crippen molar-refractivity contribution in [2.75, 3.05) is 6.61 Å². The highest BCUT2D eigenvalue weighted by atomic mass is 35.5. The zero-order valence-corrected chi connectivity index (χ0v) is 10.5. The summed E-state index contributed by atoms with van der Waals surface area (Å²) in [4.78, 5) is 8.40. The Balaban J connectivity index is 2.41. The van der Waals surface area contributed by atoms with E-state index in [1.54, 1.807) is 6.07 Å². The van der Waals surface area contributed by atoms with Gasteiger partial charge in [-0.3, -0.25) is 0 Å². The molecular weight excluding hydrogens is 236 g/mol. The maximum atomic E-state index is 5.92. The van der Waals surface area contributed by atoms with Gasteiger partial charge in [0, 0.05) is 11.6 Å². The Kier molecular flexibility index (Phi) is 3.59. The summed E-state index contributed by atoms with van der Waals surface area (Å²) in [6.07, 6.45) is 0. The lowest BCUT2D eigenvalue weighted by atomic mass is 10.1. The Morgan fingerprint density at radius 1 is 1.24 bits per heavy atom. The van der Waals surface area contributed by atoms with Gasteiger partial charge in [0.1, 0.15) is 16.7 Å². The molecule has 0 bridgehead atoms. The lowest BCUT2D eigenvalue weighted by molar-refractivity contribution is 0.340. The summed E-state index contributed by atoms with van der Waals surface area (Å²) in [5, 5.41) is 0.453. The molecule has 0 saturated heterocycles. The van der Waals surface area contributed by atoms with Gasteiger partial charge in [0.2, 0.25) is 0 Å². The molecular formula is C13H13ClN2O. The van der Waals surface area contributed by atoms with E-state index < -0.39 is 0 Å². The van der Waals surface area contributed by atoms with Crippen LogP contribution in [0.25, 0.3) is 11.3 Å². The summed E-state index contributed by atoms with van der Waals surface area (Å²) in [5.41, 5.74) is 1.78. The molecule has 17 heavy (non-hydrogen) atoms. The van der Waals surface area contributed by atoms with Crippen LogP contribution in [0.4, 0.5) is 0 Å². The lowest BCUT2D eigenvalue weighted by Gasteiger charge is -2.06. The highest BCUT2D eigenvalue weighted by Gasteiger charge is 2.04. The average Bonchev–Trinajstić information content (AvgIpc) is 2.28. The van der Waals surface area contributed by atoms with Gasteiger partial charge in [0.25, 0.3) is 0 Å². The lowest BCUT2D eigenvalue weighted by Crippen LogP contribution is -1.94. The summed E-state index contributed by atoms with van der Waals surface area (Å²) in [6.45, 7) is 4.42. The SMILES string of the molecule is CCOc1cccc(-c2cc(Cl)nc(C)n2)c1. The minimum Gasteiger partial charge on any atom is -0.494 e. The second-order valence-corrected chi connectivity index (χ2v) is 3.97. The number of hydrogen-bond donors (Lipinski definition) is 0. The molecule has 0 N–H and O–H groups in total. The first kappa shape index (κ1) is 11.9. The van der Waals surface area contributed by atoms with Gasteiger partial charge in [-0.25, -0.2) is 9.97 Å². The van der Waals surface area contributed by atoms with Crippen LogP contribution < -0.4 is 4.74 Å². The third-order valence-corrected chi connectivity index (χ3v) is 2.44. The van der Waals surface area contributed by atoms with E-state index in [0.717, 1.165) is 17.0 Å². The first-order valence-corrected chi connectivity index (χ1v) is 5.81. The Bertz CT molecular complexity index is 508. The van der Waals surface area contributed by atoms with Crippen LogP contribution in [0.3, 0.4) is 0 Å². The van der Waals surface area contributed by atoms with Gasteiger partial charge in [0.05, 0.1) is 12.3 Å². The van der Waals surface area contributed by atoms with Crippen LogP contribution in [-0.2, 0) is 0 Å². The van der Waals surface area contributed by atoms with Crippen molar-refractivity contribution in [1.29, 1.82) is 0 Å². The van der Waals surface area contributed by atoms with Crippen molar-refractivity contribution in [3.63, 3.8) is 0 Å². The minimum absolute atomic E-state index is 0.453. The summed E-state index contributed by atoms with van der Waals surface area (Å²) >= 11 is 5.92. The first-order valence-electron chi connectivity index (χ1n) is 5.43. The average molecular weight is 249 g/mol. The number of halogens is 1. The van der Waals surface area contributed by atoms with E-state index in [2.05, 4.69) is 9.97 Å². The first-order chi connectivity index (χ1) is 8.19. The molecule has 0 amide bonds. The molecule has 2 rings (SSSR count). The largest absolute Gasteiger partial charge is 0.494 e. The second kappa shape index (κ2) is 5.15. The number of rotatable bonds is 3. The van der Waals surface area contributed by atoms with E-state index in [1.165, 1.54) is 0 Å². The van der Waals surface area contributed by atoms with Crippen molar-refractivity contribution in [3.05, 3.63) is 41.3 Å². The number of nitrogens with zero attached hydrogens (tertiary/aromatic N) is 2. The summed E-state index contributed by atoms with van der Waals surface area (Å²) in [7, 11) is 0. The van der Waals surface area contributed by atoms with Gasteiger partial charge in [-0.1, -0.05) is 23.7 Å². The van der Waals surface area contributed by atoms with E-state index in [1.807, 2.05) is 38.1 Å². The number of ether oxygens (including phenoxy) is 1. The fourth-order valence-corrected chi connectivity index (χ4v) is 1.82. The second-order valence-electron chi connectivity index (χ2n) is 3.58. The van der Waals surface area contributed by atoms with Crippen LogP contribution in [-0.4, -0.2) is 16.6 Å². The standard InChI is InChI=1S/C13H13ClN2O/c1-3-17-11-6-4-5-10(7-11)12-8-13(14)16-9(2)15-12/h4-8H,3H2,1-2H3. The van der Waals surface area contributed by atoms with Gasteiger partial charge in [-0.05, 0) is 26.0 Å². The van der Waals surface area contributed by atoms with Crippen LogP contribution in [0.5, 0.6) is 5.75 Å². The van der Waals surface area contributed by atoms with E-state index in [4.69, 9.17) is 16.3 Å². The maximum Gasteiger partial charge on any atom is 0.133 e. The summed E-state index contributed by atoms with van der Waals surface area (Å²) in [6, 6.07) is 9.52. The quantitative estimate of drug-likeness (QED) is 0.780. The molecule has 0 fully saturated rings. The molecule has 0 aliphatic heterocycles. The molecule has 0 saturated carbocycles. The minimum atomic E-state index is 0.453. The molecule has 0 unspecified atom stereocenters. The van der Waals surface area contributed by atoms with Crippen molar-refractivity contribution in [1.82, 2.24) is 9.97 Å². The molecule has 4 heteroatoms. The smallest absolute Gasteiger partial charge is 0.133 e. The van der Waals surface area contributed by atoms with E-state index in [-0.39, 0.29) is 0 Å².